The van der Waals surface area contributed by atoms with Crippen molar-refractivity contribution in [3.05, 3.63) is 11.6 Å². The molecule has 1 fully saturated rings. The Kier molecular flexibility index (Phi) is 26.6. The van der Waals surface area contributed by atoms with Gasteiger partial charge >= 0.3 is 5.97 Å². The second kappa shape index (κ2) is 20.8. The Morgan fingerprint density at radius 2 is 1.47 bits per heavy atom. The zero-order chi connectivity index (χ0) is 14.1. The van der Waals surface area contributed by atoms with Crippen molar-refractivity contribution in [1.82, 2.24) is 0 Å². The summed E-state index contributed by atoms with van der Waals surface area (Å²) < 4.78 is 0. The van der Waals surface area contributed by atoms with Gasteiger partial charge in [0.25, 0.3) is 0 Å². The number of aliphatic carboxylic acids is 1. The van der Waals surface area contributed by atoms with Crippen LogP contribution in [0.2, 0.25) is 0 Å². The van der Waals surface area contributed by atoms with Gasteiger partial charge < -0.3 is 15.3 Å². The molecular formula is C12H26O4S. The monoisotopic (exact) mass is 266 g/mol. The van der Waals surface area contributed by atoms with Crippen molar-refractivity contribution < 1.29 is 20.1 Å². The first-order valence-electron chi connectivity index (χ1n) is 5.52. The molecule has 0 bridgehead atoms. The van der Waals surface area contributed by atoms with Crippen molar-refractivity contribution in [2.24, 2.45) is 0 Å². The molecule has 1 aliphatic rings. The summed E-state index contributed by atoms with van der Waals surface area (Å²) in [6.45, 7) is 3.26. The van der Waals surface area contributed by atoms with Crippen LogP contribution in [0, 0.1) is 0 Å². The number of allylic oxidation sites excluding steroid dienone is 1. The highest BCUT2D eigenvalue weighted by Gasteiger charge is 1.95. The van der Waals surface area contributed by atoms with Gasteiger partial charge in [0.1, 0.15) is 0 Å². The van der Waals surface area contributed by atoms with Crippen LogP contribution in [0.15, 0.2) is 11.6 Å². The molecule has 0 unspecified atom stereocenters. The lowest BCUT2D eigenvalue weighted by Crippen LogP contribution is -1.93. The maximum atomic E-state index is 9.86. The number of carboxylic acids is 1. The number of hydrogen-bond donors (Lipinski definition) is 3. The van der Waals surface area contributed by atoms with Crippen molar-refractivity contribution >= 4 is 17.7 Å². The minimum absolute atomic E-state index is 0.389. The Morgan fingerprint density at radius 3 is 1.53 bits per heavy atom. The molecule has 0 atom stereocenters. The third-order valence-corrected chi connectivity index (χ3v) is 3.00. The minimum Gasteiger partial charge on any atom is -0.478 e. The Labute approximate surface area is 109 Å². The second-order valence-corrected chi connectivity index (χ2v) is 4.17. The van der Waals surface area contributed by atoms with Crippen LogP contribution < -0.4 is 0 Å². The summed E-state index contributed by atoms with van der Waals surface area (Å²) in [5.41, 5.74) is 0.389. The van der Waals surface area contributed by atoms with Gasteiger partial charge in [-0.15, -0.1) is 0 Å². The van der Waals surface area contributed by atoms with E-state index in [2.05, 4.69) is 11.8 Å². The Bertz CT molecular complexity index is 166. The van der Waals surface area contributed by atoms with E-state index >= 15 is 0 Å². The summed E-state index contributed by atoms with van der Waals surface area (Å²) in [6.07, 6.45) is 5.96. The van der Waals surface area contributed by atoms with Crippen molar-refractivity contribution in [1.29, 1.82) is 0 Å². The maximum absolute atomic E-state index is 9.86. The van der Waals surface area contributed by atoms with Crippen molar-refractivity contribution in [3.8, 4) is 0 Å². The van der Waals surface area contributed by atoms with E-state index in [0.29, 0.717) is 5.57 Å². The third-order valence-electron chi connectivity index (χ3n) is 1.85. The Morgan fingerprint density at radius 1 is 1.06 bits per heavy atom. The van der Waals surface area contributed by atoms with Gasteiger partial charge in [0.05, 0.1) is 0 Å². The zero-order valence-corrected chi connectivity index (χ0v) is 12.1. The normalized spacial score (nSPS) is 13.9. The lowest BCUT2D eigenvalue weighted by molar-refractivity contribution is -0.132. The van der Waals surface area contributed by atoms with Crippen molar-refractivity contribution in [3.63, 3.8) is 0 Å². The maximum Gasteiger partial charge on any atom is 0.330 e. The standard InChI is InChI=1S/C5H8O2.C5H10S.2CH4O/c1-3-4(2)5(6)7;1-2-4-6-5-3-1;2*1-2/h3H,1-2H3,(H,6,7);1-5H2;2*2H,1H3. The fraction of sp³-hybridized carbons (Fsp3) is 0.750. The van der Waals surface area contributed by atoms with E-state index in [1.165, 1.54) is 30.8 Å². The van der Waals surface area contributed by atoms with Crippen LogP contribution in [0.3, 0.4) is 0 Å². The topological polar surface area (TPSA) is 77.8 Å². The number of thioether (sulfide) groups is 1. The summed E-state index contributed by atoms with van der Waals surface area (Å²) in [5, 5.41) is 22.1. The quantitative estimate of drug-likeness (QED) is 0.634. The molecule has 3 N–H and O–H groups in total. The number of hydrogen-bond acceptors (Lipinski definition) is 4. The smallest absolute Gasteiger partial charge is 0.330 e. The van der Waals surface area contributed by atoms with Gasteiger partial charge in [-0.3, -0.25) is 0 Å². The highest BCUT2D eigenvalue weighted by molar-refractivity contribution is 7.99. The fourth-order valence-electron chi connectivity index (χ4n) is 0.811. The van der Waals surface area contributed by atoms with Gasteiger partial charge in [-0.25, -0.2) is 4.79 Å². The van der Waals surface area contributed by atoms with Crippen LogP contribution in [0.5, 0.6) is 0 Å². The molecule has 0 radical (unpaired) electrons. The van der Waals surface area contributed by atoms with Crippen molar-refractivity contribution in [2.75, 3.05) is 25.7 Å². The minimum atomic E-state index is -0.845. The molecule has 0 spiro atoms. The molecular weight excluding hydrogens is 240 g/mol. The van der Waals surface area contributed by atoms with Gasteiger partial charge in [0, 0.05) is 19.8 Å². The first-order chi connectivity index (χ1) is 8.18. The molecule has 1 rings (SSSR count). The Balaban J connectivity index is -0.000000179. The average Bonchev–Trinajstić information content (AvgIpc) is 2.44. The van der Waals surface area contributed by atoms with Crippen LogP contribution in [-0.2, 0) is 4.79 Å². The molecule has 0 aromatic heterocycles. The summed E-state index contributed by atoms with van der Waals surface area (Å²) in [4.78, 5) is 9.86. The first kappa shape index (κ1) is 21.7. The number of carboxylic acid groups (broad SMARTS) is 1. The largest absolute Gasteiger partial charge is 0.478 e. The molecule has 1 heterocycles. The van der Waals surface area contributed by atoms with Gasteiger partial charge in [-0.1, -0.05) is 12.5 Å². The molecule has 1 saturated heterocycles. The van der Waals surface area contributed by atoms with E-state index in [1.807, 2.05) is 0 Å². The summed E-state index contributed by atoms with van der Waals surface area (Å²) >= 11 is 2.09. The molecule has 0 aliphatic carbocycles. The molecule has 0 saturated carbocycles. The molecule has 0 aromatic rings. The molecule has 4 nitrogen and oxygen atoms in total. The van der Waals surface area contributed by atoms with E-state index in [1.54, 1.807) is 19.9 Å². The second-order valence-electron chi connectivity index (χ2n) is 2.95. The molecule has 0 amide bonds. The molecule has 0 aromatic carbocycles. The van der Waals surface area contributed by atoms with Gasteiger partial charge in [0.2, 0.25) is 0 Å². The highest BCUT2D eigenvalue weighted by Crippen LogP contribution is 2.14. The lowest BCUT2D eigenvalue weighted by atomic mass is 10.3. The number of aliphatic hydroxyl groups is 2. The van der Waals surface area contributed by atoms with Gasteiger partial charge in [-0.05, 0) is 38.2 Å². The van der Waals surface area contributed by atoms with E-state index in [4.69, 9.17) is 15.3 Å². The lowest BCUT2D eigenvalue weighted by Gasteiger charge is -2.05. The van der Waals surface area contributed by atoms with Crippen LogP contribution in [-0.4, -0.2) is 47.0 Å². The van der Waals surface area contributed by atoms with Crippen LogP contribution in [0.1, 0.15) is 33.1 Å². The molecule has 5 heteroatoms. The molecule has 104 valence electrons. The van der Waals surface area contributed by atoms with Crippen LogP contribution in [0.25, 0.3) is 0 Å². The predicted octanol–water partition coefficient (Wildman–Crippen LogP) is 2.16. The van der Waals surface area contributed by atoms with Crippen LogP contribution >= 0.6 is 11.8 Å². The Hall–Kier alpha value is -0.520. The summed E-state index contributed by atoms with van der Waals surface area (Å²) in [7, 11) is 2.00. The van der Waals surface area contributed by atoms with Gasteiger partial charge in [0.15, 0.2) is 0 Å². The summed E-state index contributed by atoms with van der Waals surface area (Å²) in [6, 6.07) is 0. The zero-order valence-electron chi connectivity index (χ0n) is 11.3. The third kappa shape index (κ3) is 21.3. The van der Waals surface area contributed by atoms with Crippen molar-refractivity contribution in [2.45, 2.75) is 33.1 Å². The van der Waals surface area contributed by atoms with Gasteiger partial charge in [-0.2, -0.15) is 11.8 Å². The molecule has 1 aliphatic heterocycles. The summed E-state index contributed by atoms with van der Waals surface area (Å²) in [5.74, 6) is 1.99. The van der Waals surface area contributed by atoms with E-state index in [-0.39, 0.29) is 0 Å². The average molecular weight is 266 g/mol. The van der Waals surface area contributed by atoms with E-state index < -0.39 is 5.97 Å². The highest BCUT2D eigenvalue weighted by atomic mass is 32.2. The predicted molar refractivity (Wildman–Crippen MR) is 74.5 cm³/mol. The SMILES string of the molecule is C1CCSCC1.CC=C(C)C(=O)O.CO.CO. The molecule has 17 heavy (non-hydrogen) atoms. The first-order valence-corrected chi connectivity index (χ1v) is 6.67. The van der Waals surface area contributed by atoms with Crippen LogP contribution in [0.4, 0.5) is 0 Å². The fourth-order valence-corrected chi connectivity index (χ4v) is 1.83. The van der Waals surface area contributed by atoms with E-state index in [0.717, 1.165) is 14.2 Å². The number of carbonyl (C=O) groups is 1. The van der Waals surface area contributed by atoms with E-state index in [9.17, 15) is 4.79 Å². The number of aliphatic hydroxyl groups excluding tert-OH is 2. The number of rotatable bonds is 1.